The number of aromatic nitrogens is 2. The number of rotatable bonds is 9. The molecule has 230 valence electrons. The number of halogens is 4. The van der Waals surface area contributed by atoms with Gasteiger partial charge in [-0.1, -0.05) is 17.7 Å². The second kappa shape index (κ2) is 12.8. The largest absolute Gasteiger partial charge is 0.456 e. The number of sulfone groups is 1. The van der Waals surface area contributed by atoms with E-state index in [0.29, 0.717) is 41.4 Å². The predicted octanol–water partition coefficient (Wildman–Crippen LogP) is 6.60. The van der Waals surface area contributed by atoms with Crippen molar-refractivity contribution in [3.8, 4) is 11.5 Å². The molecular weight excluding hydrogens is 607 g/mol. The number of fused-ring (bicyclic) bond motifs is 1. The van der Waals surface area contributed by atoms with Crippen LogP contribution in [0.5, 0.6) is 11.5 Å². The van der Waals surface area contributed by atoms with Gasteiger partial charge in [0, 0.05) is 24.4 Å². The molecule has 0 fully saturated rings. The topological polar surface area (TPSA) is 122 Å². The van der Waals surface area contributed by atoms with E-state index in [1.165, 1.54) is 30.6 Å². The Kier molecular flexibility index (Phi) is 9.55. The lowest BCUT2D eigenvalue weighted by atomic mass is 10.1. The Balaban J connectivity index is 1.47. The van der Waals surface area contributed by atoms with Gasteiger partial charge in [0.05, 0.1) is 26.6 Å². The van der Waals surface area contributed by atoms with Crippen molar-refractivity contribution < 1.29 is 31.1 Å². The van der Waals surface area contributed by atoms with Crippen molar-refractivity contribution in [2.45, 2.75) is 44.5 Å². The number of hydrogen-bond donors (Lipinski definition) is 3. The molecule has 9 nitrogen and oxygen atoms in total. The molecule has 2 heterocycles. The van der Waals surface area contributed by atoms with Crippen molar-refractivity contribution in [3.63, 3.8) is 0 Å². The van der Waals surface area contributed by atoms with Crippen LogP contribution in [0.25, 0.3) is 6.08 Å². The SMILES string of the molecule is CC(C)(C)S(=O)(=O)CCCNC(=O)C1=Cc2c(ncnc2Nc2ccc(Oc3cccc(C(F)(F)F)c3)c(Cl)c2)NCC1. The Hall–Kier alpha value is -3.84. The zero-order valence-electron chi connectivity index (χ0n) is 23.7. The van der Waals surface area contributed by atoms with Crippen LogP contribution in [0.3, 0.4) is 0 Å². The van der Waals surface area contributed by atoms with Gasteiger partial charge >= 0.3 is 6.18 Å². The molecule has 1 aliphatic rings. The van der Waals surface area contributed by atoms with Gasteiger partial charge in [0.2, 0.25) is 5.91 Å². The van der Waals surface area contributed by atoms with Crippen molar-refractivity contribution in [1.82, 2.24) is 15.3 Å². The van der Waals surface area contributed by atoms with E-state index in [0.717, 1.165) is 12.1 Å². The lowest BCUT2D eigenvalue weighted by Gasteiger charge is -2.19. The van der Waals surface area contributed by atoms with Crippen LogP contribution in [0.1, 0.15) is 44.7 Å². The van der Waals surface area contributed by atoms with Crippen molar-refractivity contribution in [1.29, 1.82) is 0 Å². The van der Waals surface area contributed by atoms with Crippen LogP contribution in [0, 0.1) is 0 Å². The van der Waals surface area contributed by atoms with E-state index in [1.54, 1.807) is 32.9 Å². The Morgan fingerprint density at radius 3 is 2.58 bits per heavy atom. The molecule has 14 heteroatoms. The Morgan fingerprint density at radius 2 is 1.88 bits per heavy atom. The molecule has 0 spiro atoms. The molecule has 0 saturated carbocycles. The maximum absolute atomic E-state index is 13.1. The molecule has 4 rings (SSSR count). The first-order valence-corrected chi connectivity index (χ1v) is 15.4. The number of nitrogens with zero attached hydrogens (tertiary/aromatic N) is 2. The van der Waals surface area contributed by atoms with E-state index < -0.39 is 26.3 Å². The minimum absolute atomic E-state index is 0.0172. The van der Waals surface area contributed by atoms with Crippen molar-refractivity contribution >= 4 is 50.7 Å². The molecule has 1 aromatic heterocycles. The van der Waals surface area contributed by atoms with Gasteiger partial charge in [-0.05, 0) is 76.1 Å². The average molecular weight is 638 g/mol. The molecule has 43 heavy (non-hydrogen) atoms. The minimum Gasteiger partial charge on any atom is -0.456 e. The fourth-order valence-electron chi connectivity index (χ4n) is 4.06. The van der Waals surface area contributed by atoms with Gasteiger partial charge in [0.1, 0.15) is 29.5 Å². The molecule has 2 aromatic carbocycles. The highest BCUT2D eigenvalue weighted by atomic mass is 35.5. The van der Waals surface area contributed by atoms with Gasteiger partial charge in [-0.15, -0.1) is 0 Å². The number of carbonyl (C=O) groups excluding carboxylic acids is 1. The van der Waals surface area contributed by atoms with Crippen molar-refractivity contribution in [2.24, 2.45) is 0 Å². The summed E-state index contributed by atoms with van der Waals surface area (Å²) >= 11 is 6.39. The molecular formula is C29H31ClF3N5O4S. The summed E-state index contributed by atoms with van der Waals surface area (Å²) in [7, 11) is -3.29. The van der Waals surface area contributed by atoms with Gasteiger partial charge in [-0.2, -0.15) is 13.2 Å². The summed E-state index contributed by atoms with van der Waals surface area (Å²) in [5.74, 6) is 0.668. The zero-order chi connectivity index (χ0) is 31.4. The fourth-order valence-corrected chi connectivity index (χ4v) is 5.41. The van der Waals surface area contributed by atoms with E-state index in [-0.39, 0.29) is 41.1 Å². The second-order valence-electron chi connectivity index (χ2n) is 10.8. The molecule has 1 amide bonds. The smallest absolute Gasteiger partial charge is 0.416 e. The third kappa shape index (κ3) is 8.17. The molecule has 0 atom stereocenters. The standard InChI is InChI=1S/C29H31ClF3N5O4S/c1-28(2,3)43(40,41)13-5-11-35-27(39)18-10-12-34-25-22(14-18)26(37-17-36-25)38-20-8-9-24(23(30)16-20)42-21-7-4-6-19(15-21)29(31,32)33/h4,6-9,14-17H,5,10-13H2,1-3H3,(H,35,39)(H2,34,36,37,38). The van der Waals surface area contributed by atoms with E-state index in [9.17, 15) is 26.4 Å². The number of carbonyl (C=O) groups is 1. The van der Waals surface area contributed by atoms with Gasteiger partial charge in [-0.25, -0.2) is 18.4 Å². The number of hydrogen-bond acceptors (Lipinski definition) is 8. The number of amides is 1. The number of benzene rings is 2. The number of ether oxygens (including phenoxy) is 1. The molecule has 1 aliphatic heterocycles. The van der Waals surface area contributed by atoms with E-state index in [1.807, 2.05) is 0 Å². The number of alkyl halides is 3. The lowest BCUT2D eigenvalue weighted by Crippen LogP contribution is -2.33. The molecule has 3 aromatic rings. The highest BCUT2D eigenvalue weighted by Crippen LogP contribution is 2.36. The fraction of sp³-hybridized carbons (Fsp3) is 0.345. The Labute approximate surface area is 252 Å². The normalized spacial score (nSPS) is 13.7. The average Bonchev–Trinajstić information content (AvgIpc) is 3.15. The quantitative estimate of drug-likeness (QED) is 0.224. The van der Waals surface area contributed by atoms with Gasteiger partial charge < -0.3 is 20.7 Å². The monoisotopic (exact) mass is 637 g/mol. The van der Waals surface area contributed by atoms with E-state index >= 15 is 0 Å². The van der Waals surface area contributed by atoms with E-state index in [4.69, 9.17) is 16.3 Å². The maximum atomic E-state index is 13.1. The summed E-state index contributed by atoms with van der Waals surface area (Å²) in [6, 6.07) is 9.15. The first kappa shape index (κ1) is 32.1. The Morgan fingerprint density at radius 1 is 1.12 bits per heavy atom. The highest BCUT2D eigenvalue weighted by molar-refractivity contribution is 7.92. The molecule has 0 saturated heterocycles. The summed E-state index contributed by atoms with van der Waals surface area (Å²) in [5.41, 5.74) is 0.657. The van der Waals surface area contributed by atoms with Crippen molar-refractivity contribution in [3.05, 3.63) is 70.5 Å². The molecule has 0 unspecified atom stereocenters. The molecule has 0 radical (unpaired) electrons. The Bertz CT molecular complexity index is 1640. The molecule has 0 aliphatic carbocycles. The van der Waals surface area contributed by atoms with Crippen LogP contribution < -0.4 is 20.7 Å². The van der Waals surface area contributed by atoms with Crippen LogP contribution in [0.4, 0.5) is 30.5 Å². The zero-order valence-corrected chi connectivity index (χ0v) is 25.3. The van der Waals surface area contributed by atoms with Crippen LogP contribution >= 0.6 is 11.6 Å². The summed E-state index contributed by atoms with van der Waals surface area (Å²) in [4.78, 5) is 21.5. The summed E-state index contributed by atoms with van der Waals surface area (Å²) < 4.78 is 68.5. The van der Waals surface area contributed by atoms with Crippen LogP contribution in [0.2, 0.25) is 5.02 Å². The highest BCUT2D eigenvalue weighted by Gasteiger charge is 2.31. The van der Waals surface area contributed by atoms with Gasteiger partial charge in [0.25, 0.3) is 0 Å². The maximum Gasteiger partial charge on any atom is 0.416 e. The van der Waals surface area contributed by atoms with Crippen molar-refractivity contribution in [2.75, 3.05) is 29.5 Å². The number of nitrogens with one attached hydrogen (secondary N) is 3. The second-order valence-corrected chi connectivity index (χ2v) is 14.0. The van der Waals surface area contributed by atoms with Crippen LogP contribution in [0.15, 0.2) is 54.4 Å². The molecule has 0 bridgehead atoms. The van der Waals surface area contributed by atoms with Crippen LogP contribution in [-0.2, 0) is 20.8 Å². The summed E-state index contributed by atoms with van der Waals surface area (Å²) in [6.45, 7) is 5.58. The third-order valence-electron chi connectivity index (χ3n) is 6.57. The predicted molar refractivity (Wildman–Crippen MR) is 161 cm³/mol. The lowest BCUT2D eigenvalue weighted by molar-refractivity contribution is -0.137. The first-order valence-electron chi connectivity index (χ1n) is 13.4. The van der Waals surface area contributed by atoms with E-state index in [2.05, 4.69) is 25.9 Å². The summed E-state index contributed by atoms with van der Waals surface area (Å²) in [6.07, 6.45) is -0.792. The third-order valence-corrected chi connectivity index (χ3v) is 9.56. The summed E-state index contributed by atoms with van der Waals surface area (Å²) in [5, 5.41) is 9.25. The van der Waals surface area contributed by atoms with Gasteiger partial charge in [-0.3, -0.25) is 4.79 Å². The minimum atomic E-state index is -4.51. The molecule has 3 N–H and O–H groups in total. The van der Waals surface area contributed by atoms with Crippen LogP contribution in [-0.4, -0.2) is 47.9 Å². The number of anilines is 3. The van der Waals surface area contributed by atoms with Gasteiger partial charge in [0.15, 0.2) is 9.84 Å². The first-order chi connectivity index (χ1) is 20.1.